The van der Waals surface area contributed by atoms with Gasteiger partial charge in [-0.2, -0.15) is 23.5 Å². The van der Waals surface area contributed by atoms with E-state index in [0.717, 1.165) is 12.0 Å². The number of nitrogens with zero attached hydrogens (tertiary/aromatic N) is 5. The molecule has 3 heterocycles. The number of aromatic amines is 1. The normalized spacial score (nSPS) is 15.0. The zero-order chi connectivity index (χ0) is 24.7. The standard InChI is InChI=1S/C21H24F3N7O3/c1-14(28-16-12-27-29-20(33)19(16)21(22,23)24)13-34-9-4-18(32)31-7-5-30(6-8-31)17-3-2-15(10-25)11-26-17/h2-3,11-12,14H,4-9,13H2,1H3,(H2,28,29,33). The Hall–Kier alpha value is -3.66. The van der Waals surface area contributed by atoms with Crippen LogP contribution in [0.3, 0.4) is 0 Å². The van der Waals surface area contributed by atoms with Crippen molar-refractivity contribution in [3.63, 3.8) is 0 Å². The lowest BCUT2D eigenvalue weighted by molar-refractivity contribution is -0.138. The first-order valence-corrected chi connectivity index (χ1v) is 10.6. The number of anilines is 2. The van der Waals surface area contributed by atoms with Crippen LogP contribution < -0.4 is 15.8 Å². The summed E-state index contributed by atoms with van der Waals surface area (Å²) in [7, 11) is 0. The smallest absolute Gasteiger partial charge is 0.379 e. The van der Waals surface area contributed by atoms with E-state index < -0.39 is 29.0 Å². The number of carbonyl (C=O) groups excluding carboxylic acids is 1. The van der Waals surface area contributed by atoms with Crippen LogP contribution in [-0.2, 0) is 15.7 Å². The van der Waals surface area contributed by atoms with E-state index in [1.54, 1.807) is 29.1 Å². The number of pyridine rings is 1. The van der Waals surface area contributed by atoms with E-state index >= 15 is 0 Å². The minimum absolute atomic E-state index is 0.0372. The molecule has 13 heteroatoms. The van der Waals surface area contributed by atoms with Gasteiger partial charge in [-0.05, 0) is 19.1 Å². The number of hydrogen-bond donors (Lipinski definition) is 2. The number of alkyl halides is 3. The molecule has 0 bridgehead atoms. The number of nitrogens with one attached hydrogen (secondary N) is 2. The van der Waals surface area contributed by atoms with Crippen molar-refractivity contribution in [3.05, 3.63) is 46.0 Å². The quantitative estimate of drug-likeness (QED) is 0.547. The van der Waals surface area contributed by atoms with E-state index in [0.29, 0.717) is 31.7 Å². The fourth-order valence-electron chi connectivity index (χ4n) is 3.50. The number of hydrogen-bond acceptors (Lipinski definition) is 8. The first kappa shape index (κ1) is 25.0. The summed E-state index contributed by atoms with van der Waals surface area (Å²) >= 11 is 0. The number of aromatic nitrogens is 3. The van der Waals surface area contributed by atoms with Gasteiger partial charge in [-0.15, -0.1) is 0 Å². The van der Waals surface area contributed by atoms with E-state index in [4.69, 9.17) is 10.00 Å². The van der Waals surface area contributed by atoms with Gasteiger partial charge in [-0.3, -0.25) is 9.59 Å². The molecular weight excluding hydrogens is 455 g/mol. The molecule has 1 fully saturated rings. The second-order valence-corrected chi connectivity index (χ2v) is 7.74. The molecule has 2 N–H and O–H groups in total. The van der Waals surface area contributed by atoms with Crippen molar-refractivity contribution in [2.45, 2.75) is 25.6 Å². The maximum Gasteiger partial charge on any atom is 0.423 e. The third-order valence-corrected chi connectivity index (χ3v) is 5.20. The number of carbonyl (C=O) groups is 1. The van der Waals surface area contributed by atoms with Crippen LogP contribution in [0, 0.1) is 11.3 Å². The summed E-state index contributed by atoms with van der Waals surface area (Å²) in [6, 6.07) is 4.94. The first-order valence-electron chi connectivity index (χ1n) is 10.6. The van der Waals surface area contributed by atoms with E-state index in [2.05, 4.69) is 15.4 Å². The highest BCUT2D eigenvalue weighted by molar-refractivity contribution is 5.76. The fourth-order valence-corrected chi connectivity index (χ4v) is 3.50. The second kappa shape index (κ2) is 11.0. The summed E-state index contributed by atoms with van der Waals surface area (Å²) in [6.45, 7) is 4.01. The summed E-state index contributed by atoms with van der Waals surface area (Å²) in [6.07, 6.45) is -2.28. The molecule has 1 amide bonds. The Labute approximate surface area is 193 Å². The predicted molar refractivity (Wildman–Crippen MR) is 116 cm³/mol. The average Bonchev–Trinajstić information content (AvgIpc) is 2.81. The molecule has 1 atom stereocenters. The van der Waals surface area contributed by atoms with Crippen molar-refractivity contribution in [2.24, 2.45) is 0 Å². The number of halogens is 3. The topological polar surface area (TPSA) is 127 Å². The Morgan fingerprint density at radius 3 is 2.65 bits per heavy atom. The first-order chi connectivity index (χ1) is 16.2. The molecule has 10 nitrogen and oxygen atoms in total. The minimum Gasteiger partial charge on any atom is -0.379 e. The molecule has 182 valence electrons. The fraction of sp³-hybridized carbons (Fsp3) is 0.476. The van der Waals surface area contributed by atoms with Gasteiger partial charge in [0.1, 0.15) is 17.5 Å². The molecule has 1 unspecified atom stereocenters. The van der Waals surface area contributed by atoms with E-state index in [-0.39, 0.29) is 25.5 Å². The molecule has 0 aliphatic carbocycles. The molecule has 3 rings (SSSR count). The van der Waals surface area contributed by atoms with Crippen LogP contribution in [0.4, 0.5) is 24.7 Å². The van der Waals surface area contributed by atoms with Crippen LogP contribution in [0.15, 0.2) is 29.3 Å². The van der Waals surface area contributed by atoms with Gasteiger partial charge >= 0.3 is 6.18 Å². The van der Waals surface area contributed by atoms with Crippen molar-refractivity contribution in [3.8, 4) is 6.07 Å². The molecule has 1 saturated heterocycles. The van der Waals surface area contributed by atoms with Crippen LogP contribution in [0.2, 0.25) is 0 Å². The molecule has 2 aromatic heterocycles. The van der Waals surface area contributed by atoms with Gasteiger partial charge in [-0.25, -0.2) is 10.1 Å². The lowest BCUT2D eigenvalue weighted by Crippen LogP contribution is -2.49. The number of nitriles is 1. The van der Waals surface area contributed by atoms with Crippen LogP contribution in [-0.4, -0.2) is 71.4 Å². The molecule has 0 spiro atoms. The molecule has 34 heavy (non-hydrogen) atoms. The van der Waals surface area contributed by atoms with Gasteiger partial charge < -0.3 is 19.9 Å². The maximum atomic E-state index is 13.1. The molecule has 0 saturated carbocycles. The van der Waals surface area contributed by atoms with Crippen molar-refractivity contribution in [2.75, 3.05) is 49.6 Å². The number of ether oxygens (including phenoxy) is 1. The number of H-pyrrole nitrogens is 1. The van der Waals surface area contributed by atoms with Gasteiger partial charge in [-0.1, -0.05) is 0 Å². The summed E-state index contributed by atoms with van der Waals surface area (Å²) in [5.74, 6) is 0.673. The van der Waals surface area contributed by atoms with Crippen molar-refractivity contribution in [1.29, 1.82) is 5.26 Å². The van der Waals surface area contributed by atoms with E-state index in [1.807, 2.05) is 11.0 Å². The lowest BCUT2D eigenvalue weighted by Gasteiger charge is -2.35. The largest absolute Gasteiger partial charge is 0.423 e. The van der Waals surface area contributed by atoms with Crippen LogP contribution >= 0.6 is 0 Å². The highest BCUT2D eigenvalue weighted by Gasteiger charge is 2.37. The predicted octanol–water partition coefficient (Wildman–Crippen LogP) is 1.61. The number of rotatable bonds is 8. The molecule has 0 aromatic carbocycles. The Morgan fingerprint density at radius 2 is 2.03 bits per heavy atom. The Kier molecular flexibility index (Phi) is 8.06. The molecule has 1 aliphatic heterocycles. The highest BCUT2D eigenvalue weighted by atomic mass is 19.4. The zero-order valence-electron chi connectivity index (χ0n) is 18.4. The van der Waals surface area contributed by atoms with Gasteiger partial charge in [0, 0.05) is 38.4 Å². The maximum absolute atomic E-state index is 13.1. The number of piperazine rings is 1. The van der Waals surface area contributed by atoms with Crippen LogP contribution in [0.5, 0.6) is 0 Å². The Morgan fingerprint density at radius 1 is 1.29 bits per heavy atom. The van der Waals surface area contributed by atoms with E-state index in [9.17, 15) is 22.8 Å². The zero-order valence-corrected chi connectivity index (χ0v) is 18.4. The van der Waals surface area contributed by atoms with Crippen LogP contribution in [0.25, 0.3) is 0 Å². The third kappa shape index (κ3) is 6.44. The van der Waals surface area contributed by atoms with Crippen molar-refractivity contribution in [1.82, 2.24) is 20.1 Å². The average molecular weight is 479 g/mol. The van der Waals surface area contributed by atoms with Gasteiger partial charge in [0.05, 0.1) is 37.1 Å². The van der Waals surface area contributed by atoms with Crippen LogP contribution in [0.1, 0.15) is 24.5 Å². The summed E-state index contributed by atoms with van der Waals surface area (Å²) in [4.78, 5) is 32.0. The minimum atomic E-state index is -4.83. The van der Waals surface area contributed by atoms with Crippen molar-refractivity contribution < 1.29 is 22.7 Å². The number of amides is 1. The SMILES string of the molecule is CC(COCCC(=O)N1CCN(c2ccc(C#N)cn2)CC1)Nc1cn[nH]c(=O)c1C(F)(F)F. The molecule has 0 radical (unpaired) electrons. The molecular formula is C21H24F3N7O3. The Bertz CT molecular complexity index is 1070. The summed E-state index contributed by atoms with van der Waals surface area (Å²) in [5, 5.41) is 16.6. The molecule has 2 aromatic rings. The molecule has 1 aliphatic rings. The van der Waals surface area contributed by atoms with E-state index in [1.165, 1.54) is 6.20 Å². The Balaban J connectivity index is 1.39. The highest BCUT2D eigenvalue weighted by Crippen LogP contribution is 2.31. The third-order valence-electron chi connectivity index (χ3n) is 5.20. The van der Waals surface area contributed by atoms with Gasteiger partial charge in [0.15, 0.2) is 0 Å². The lowest BCUT2D eigenvalue weighted by atomic mass is 10.2. The van der Waals surface area contributed by atoms with Gasteiger partial charge in [0.25, 0.3) is 5.56 Å². The monoisotopic (exact) mass is 479 g/mol. The van der Waals surface area contributed by atoms with Crippen molar-refractivity contribution >= 4 is 17.4 Å². The van der Waals surface area contributed by atoms with Gasteiger partial charge in [0.2, 0.25) is 5.91 Å². The summed E-state index contributed by atoms with van der Waals surface area (Å²) in [5.41, 5.74) is -2.62. The second-order valence-electron chi connectivity index (χ2n) is 7.74. The summed E-state index contributed by atoms with van der Waals surface area (Å²) < 4.78 is 44.8.